The van der Waals surface area contributed by atoms with Gasteiger partial charge in [-0.3, -0.25) is 0 Å². The van der Waals surface area contributed by atoms with Crippen molar-refractivity contribution in [3.63, 3.8) is 0 Å². The van der Waals surface area contributed by atoms with Gasteiger partial charge in [-0.25, -0.2) is 8.78 Å². The van der Waals surface area contributed by atoms with E-state index in [2.05, 4.69) is 5.16 Å². The molecule has 0 aliphatic carbocycles. The summed E-state index contributed by atoms with van der Waals surface area (Å²) in [5.41, 5.74) is 6.42. The first-order valence-corrected chi connectivity index (χ1v) is 6.23. The summed E-state index contributed by atoms with van der Waals surface area (Å²) in [7, 11) is 0. The third-order valence-corrected chi connectivity index (χ3v) is 3.08. The molecule has 0 saturated carbocycles. The highest BCUT2D eigenvalue weighted by Crippen LogP contribution is 2.23. The standard InChI is InChI=1S/C14H11ClF2N2O2/c15-11-5-8(14(18)19-20)1-2-9(11)7-21-13-6-10(16)3-4-12(13)17/h1-6,20H,7H2,(H2,18,19). The zero-order valence-corrected chi connectivity index (χ0v) is 11.4. The van der Waals surface area contributed by atoms with E-state index >= 15 is 0 Å². The molecule has 110 valence electrons. The molecule has 0 aliphatic rings. The van der Waals surface area contributed by atoms with Gasteiger partial charge in [-0.15, -0.1) is 0 Å². The molecular formula is C14H11ClF2N2O2. The third-order valence-electron chi connectivity index (χ3n) is 2.73. The van der Waals surface area contributed by atoms with Crippen molar-refractivity contribution in [1.82, 2.24) is 0 Å². The Morgan fingerprint density at radius 1 is 1.24 bits per heavy atom. The van der Waals surface area contributed by atoms with Gasteiger partial charge in [0.1, 0.15) is 12.4 Å². The molecule has 0 aliphatic heterocycles. The van der Waals surface area contributed by atoms with Crippen LogP contribution in [0.25, 0.3) is 0 Å². The fraction of sp³-hybridized carbons (Fsp3) is 0.0714. The van der Waals surface area contributed by atoms with Crippen molar-refractivity contribution in [2.75, 3.05) is 0 Å². The van der Waals surface area contributed by atoms with Gasteiger partial charge in [0.05, 0.1) is 0 Å². The van der Waals surface area contributed by atoms with E-state index in [1.165, 1.54) is 6.07 Å². The van der Waals surface area contributed by atoms with Crippen molar-refractivity contribution in [2.45, 2.75) is 6.61 Å². The molecule has 7 heteroatoms. The Morgan fingerprint density at radius 2 is 2.00 bits per heavy atom. The summed E-state index contributed by atoms with van der Waals surface area (Å²) in [5.74, 6) is -1.55. The Labute approximate surface area is 124 Å². The minimum Gasteiger partial charge on any atom is -0.486 e. The van der Waals surface area contributed by atoms with E-state index in [9.17, 15) is 8.78 Å². The summed E-state index contributed by atoms with van der Waals surface area (Å²) in [6.45, 7) is -0.0460. The molecule has 0 spiro atoms. The Morgan fingerprint density at radius 3 is 2.67 bits per heavy atom. The molecule has 2 rings (SSSR count). The van der Waals surface area contributed by atoms with Crippen molar-refractivity contribution in [3.8, 4) is 5.75 Å². The van der Waals surface area contributed by atoms with Crippen molar-refractivity contribution in [1.29, 1.82) is 0 Å². The van der Waals surface area contributed by atoms with E-state index in [0.717, 1.165) is 18.2 Å². The lowest BCUT2D eigenvalue weighted by molar-refractivity contribution is 0.288. The van der Waals surface area contributed by atoms with Gasteiger partial charge in [-0.1, -0.05) is 28.9 Å². The number of hydrogen-bond acceptors (Lipinski definition) is 3. The van der Waals surface area contributed by atoms with Crippen molar-refractivity contribution in [2.24, 2.45) is 10.9 Å². The van der Waals surface area contributed by atoms with Crippen molar-refractivity contribution < 1.29 is 18.7 Å². The van der Waals surface area contributed by atoms with E-state index in [0.29, 0.717) is 16.1 Å². The Kier molecular flexibility index (Phi) is 4.59. The molecule has 2 aromatic carbocycles. The average molecular weight is 313 g/mol. The molecule has 0 saturated heterocycles. The number of rotatable bonds is 4. The number of oxime groups is 1. The largest absolute Gasteiger partial charge is 0.486 e. The van der Waals surface area contributed by atoms with Gasteiger partial charge in [-0.2, -0.15) is 0 Å². The highest BCUT2D eigenvalue weighted by atomic mass is 35.5. The number of ether oxygens (including phenoxy) is 1. The van der Waals surface area contributed by atoms with Crippen LogP contribution in [0.2, 0.25) is 5.02 Å². The van der Waals surface area contributed by atoms with Crippen LogP contribution >= 0.6 is 11.6 Å². The van der Waals surface area contributed by atoms with Crippen molar-refractivity contribution >= 4 is 17.4 Å². The van der Waals surface area contributed by atoms with Crippen LogP contribution in [0.4, 0.5) is 8.78 Å². The number of nitrogens with zero attached hydrogens (tertiary/aromatic N) is 1. The zero-order chi connectivity index (χ0) is 15.4. The Balaban J connectivity index is 2.15. The molecule has 0 atom stereocenters. The molecule has 21 heavy (non-hydrogen) atoms. The molecule has 3 N–H and O–H groups in total. The van der Waals surface area contributed by atoms with E-state index in [4.69, 9.17) is 27.3 Å². The lowest BCUT2D eigenvalue weighted by Gasteiger charge is -2.09. The van der Waals surface area contributed by atoms with Crippen LogP contribution in [0.15, 0.2) is 41.6 Å². The summed E-state index contributed by atoms with van der Waals surface area (Å²) in [6, 6.07) is 7.58. The SMILES string of the molecule is N/C(=N/O)c1ccc(COc2cc(F)ccc2F)c(Cl)c1. The molecule has 0 amide bonds. The Hall–Kier alpha value is -2.34. The third kappa shape index (κ3) is 3.61. The zero-order valence-electron chi connectivity index (χ0n) is 10.7. The normalized spacial score (nSPS) is 11.5. The maximum absolute atomic E-state index is 13.4. The van der Waals surface area contributed by atoms with Gasteiger partial charge in [0.2, 0.25) is 0 Å². The predicted octanol–water partition coefficient (Wildman–Crippen LogP) is 3.29. The number of amidine groups is 1. The van der Waals surface area contributed by atoms with Crippen LogP contribution < -0.4 is 10.5 Å². The van der Waals surface area contributed by atoms with Crippen LogP contribution in [-0.2, 0) is 6.61 Å². The van der Waals surface area contributed by atoms with Gasteiger partial charge in [-0.05, 0) is 18.2 Å². The summed E-state index contributed by atoms with van der Waals surface area (Å²) in [4.78, 5) is 0. The molecule has 2 aromatic rings. The van der Waals surface area contributed by atoms with Crippen LogP contribution in [0.3, 0.4) is 0 Å². The molecule has 0 radical (unpaired) electrons. The number of hydrogen-bond donors (Lipinski definition) is 2. The Bertz CT molecular complexity index is 693. The highest BCUT2D eigenvalue weighted by molar-refractivity contribution is 6.31. The van der Waals surface area contributed by atoms with E-state index in [-0.39, 0.29) is 18.2 Å². The summed E-state index contributed by atoms with van der Waals surface area (Å²) in [5, 5.41) is 11.7. The van der Waals surface area contributed by atoms with Gasteiger partial charge < -0.3 is 15.7 Å². The molecule has 0 aromatic heterocycles. The van der Waals surface area contributed by atoms with E-state index in [1.54, 1.807) is 12.1 Å². The average Bonchev–Trinajstić information content (AvgIpc) is 2.48. The van der Waals surface area contributed by atoms with Gasteiger partial charge in [0.25, 0.3) is 0 Å². The van der Waals surface area contributed by atoms with E-state index in [1.807, 2.05) is 0 Å². The quantitative estimate of drug-likeness (QED) is 0.394. The van der Waals surface area contributed by atoms with Gasteiger partial charge in [0, 0.05) is 22.2 Å². The summed E-state index contributed by atoms with van der Waals surface area (Å²) < 4.78 is 31.6. The van der Waals surface area contributed by atoms with Crippen LogP contribution in [0.1, 0.15) is 11.1 Å². The first kappa shape index (κ1) is 15.1. The molecule has 0 fully saturated rings. The maximum atomic E-state index is 13.4. The van der Waals surface area contributed by atoms with Crippen LogP contribution in [0.5, 0.6) is 5.75 Å². The van der Waals surface area contributed by atoms with Crippen LogP contribution in [0, 0.1) is 11.6 Å². The molecular weight excluding hydrogens is 302 g/mol. The summed E-state index contributed by atoms with van der Waals surface area (Å²) in [6.07, 6.45) is 0. The summed E-state index contributed by atoms with van der Waals surface area (Å²) >= 11 is 6.03. The minimum absolute atomic E-state index is 0.0460. The first-order valence-electron chi connectivity index (χ1n) is 5.85. The highest BCUT2D eigenvalue weighted by Gasteiger charge is 2.09. The lowest BCUT2D eigenvalue weighted by Crippen LogP contribution is -2.13. The van der Waals surface area contributed by atoms with E-state index < -0.39 is 11.6 Å². The number of halogens is 3. The van der Waals surface area contributed by atoms with Gasteiger partial charge in [0.15, 0.2) is 17.4 Å². The second-order valence-electron chi connectivity index (χ2n) is 4.15. The number of nitrogens with two attached hydrogens (primary N) is 1. The fourth-order valence-corrected chi connectivity index (χ4v) is 1.86. The monoisotopic (exact) mass is 312 g/mol. The fourth-order valence-electron chi connectivity index (χ4n) is 1.62. The second-order valence-corrected chi connectivity index (χ2v) is 4.56. The lowest BCUT2D eigenvalue weighted by atomic mass is 10.1. The van der Waals surface area contributed by atoms with Crippen molar-refractivity contribution in [3.05, 3.63) is 64.2 Å². The molecule has 0 unspecified atom stereocenters. The van der Waals surface area contributed by atoms with Gasteiger partial charge >= 0.3 is 0 Å². The second kappa shape index (κ2) is 6.41. The first-order chi connectivity index (χ1) is 10.0. The smallest absolute Gasteiger partial charge is 0.170 e. The maximum Gasteiger partial charge on any atom is 0.170 e. The predicted molar refractivity (Wildman–Crippen MR) is 74.7 cm³/mol. The number of benzene rings is 2. The minimum atomic E-state index is -0.666. The molecule has 0 heterocycles. The van der Waals surface area contributed by atoms with Crippen LogP contribution in [-0.4, -0.2) is 11.0 Å². The molecule has 4 nitrogen and oxygen atoms in total. The topological polar surface area (TPSA) is 67.8 Å². The molecule has 0 bridgehead atoms.